The molecule has 142 valence electrons. The highest BCUT2D eigenvalue weighted by atomic mass is 35.5. The van der Waals surface area contributed by atoms with Gasteiger partial charge < -0.3 is 13.8 Å². The number of para-hydroxylation sites is 1. The Bertz CT molecular complexity index is 1070. The Morgan fingerprint density at radius 3 is 2.68 bits per heavy atom. The van der Waals surface area contributed by atoms with E-state index in [0.29, 0.717) is 34.1 Å². The lowest BCUT2D eigenvalue weighted by Crippen LogP contribution is -2.04. The summed E-state index contributed by atoms with van der Waals surface area (Å²) in [5, 5.41) is 13.7. The second-order valence-corrected chi connectivity index (χ2v) is 7.20. The van der Waals surface area contributed by atoms with Gasteiger partial charge in [-0.1, -0.05) is 58.9 Å². The van der Waals surface area contributed by atoms with Gasteiger partial charge in [-0.3, -0.25) is 0 Å². The molecule has 9 heteroatoms. The van der Waals surface area contributed by atoms with Crippen molar-refractivity contribution >= 4 is 23.4 Å². The zero-order chi connectivity index (χ0) is 19.3. The second-order valence-electron chi connectivity index (χ2n) is 5.85. The monoisotopic (exact) mass is 413 g/mol. The molecule has 2 aromatic carbocycles. The molecular formula is C19H16ClN5O2S. The number of nitrogens with zero attached hydrogens (tertiary/aromatic N) is 5. The maximum atomic E-state index is 6.10. The van der Waals surface area contributed by atoms with E-state index in [9.17, 15) is 0 Å². The lowest BCUT2D eigenvalue weighted by Gasteiger charge is -2.07. The van der Waals surface area contributed by atoms with E-state index in [1.54, 1.807) is 6.07 Å². The van der Waals surface area contributed by atoms with Gasteiger partial charge in [0.2, 0.25) is 0 Å². The van der Waals surface area contributed by atoms with E-state index in [4.69, 9.17) is 20.9 Å². The van der Waals surface area contributed by atoms with Crippen molar-refractivity contribution in [3.8, 4) is 17.2 Å². The predicted octanol–water partition coefficient (Wildman–Crippen LogP) is 4.39. The smallest absolute Gasteiger partial charge is 0.257 e. The highest BCUT2D eigenvalue weighted by Gasteiger charge is 2.13. The molecule has 0 saturated carbocycles. The number of ether oxygens (including phenoxy) is 1. The van der Waals surface area contributed by atoms with Gasteiger partial charge in [-0.05, 0) is 24.3 Å². The highest BCUT2D eigenvalue weighted by Crippen LogP contribution is 2.25. The van der Waals surface area contributed by atoms with Gasteiger partial charge in [0.1, 0.15) is 12.4 Å². The molecule has 4 rings (SSSR count). The number of benzene rings is 2. The van der Waals surface area contributed by atoms with Gasteiger partial charge in [-0.15, -0.1) is 10.2 Å². The third kappa shape index (κ3) is 4.18. The first-order chi connectivity index (χ1) is 13.7. The molecule has 0 N–H and O–H groups in total. The highest BCUT2D eigenvalue weighted by molar-refractivity contribution is 7.98. The van der Waals surface area contributed by atoms with Crippen LogP contribution in [0.4, 0.5) is 0 Å². The topological polar surface area (TPSA) is 78.9 Å². The van der Waals surface area contributed by atoms with Gasteiger partial charge in [-0.2, -0.15) is 4.98 Å². The van der Waals surface area contributed by atoms with Crippen LogP contribution in [0.15, 0.2) is 64.3 Å². The van der Waals surface area contributed by atoms with Crippen LogP contribution in [-0.2, 0) is 19.4 Å². The molecule has 0 saturated heterocycles. The molecular weight excluding hydrogens is 398 g/mol. The van der Waals surface area contributed by atoms with E-state index < -0.39 is 0 Å². The van der Waals surface area contributed by atoms with Gasteiger partial charge in [0.15, 0.2) is 16.8 Å². The summed E-state index contributed by atoms with van der Waals surface area (Å²) in [6.45, 7) is 0.272. The maximum absolute atomic E-state index is 6.10. The molecule has 4 aromatic rings. The third-order valence-corrected chi connectivity index (χ3v) is 5.27. The van der Waals surface area contributed by atoms with E-state index in [-0.39, 0.29) is 6.61 Å². The first-order valence-electron chi connectivity index (χ1n) is 8.47. The lowest BCUT2D eigenvalue weighted by molar-refractivity contribution is 0.290. The number of rotatable bonds is 7. The van der Waals surface area contributed by atoms with Crippen LogP contribution >= 0.6 is 23.4 Å². The number of hydrogen-bond acceptors (Lipinski definition) is 7. The molecule has 2 heterocycles. The summed E-state index contributed by atoms with van der Waals surface area (Å²) < 4.78 is 12.9. The zero-order valence-corrected chi connectivity index (χ0v) is 16.5. The van der Waals surface area contributed by atoms with Crippen LogP contribution in [0, 0.1) is 0 Å². The summed E-state index contributed by atoms with van der Waals surface area (Å²) in [6, 6.07) is 17.0. The van der Waals surface area contributed by atoms with Crippen LogP contribution in [-0.4, -0.2) is 24.9 Å². The van der Waals surface area contributed by atoms with Gasteiger partial charge in [-0.25, -0.2) is 0 Å². The summed E-state index contributed by atoms with van der Waals surface area (Å²) >= 11 is 7.58. The van der Waals surface area contributed by atoms with E-state index >= 15 is 0 Å². The fourth-order valence-corrected chi connectivity index (χ4v) is 3.40. The molecule has 0 fully saturated rings. The fraction of sp³-hybridized carbons (Fsp3) is 0.158. The minimum absolute atomic E-state index is 0.272. The molecule has 0 radical (unpaired) electrons. The lowest BCUT2D eigenvalue weighted by atomic mass is 10.2. The summed E-state index contributed by atoms with van der Waals surface area (Å²) in [5.41, 5.74) is 0.893. The molecule has 0 aliphatic rings. The van der Waals surface area contributed by atoms with Crippen LogP contribution in [0.25, 0.3) is 11.5 Å². The minimum atomic E-state index is 0.272. The molecule has 0 unspecified atom stereocenters. The Hall–Kier alpha value is -2.84. The first kappa shape index (κ1) is 18.5. The van der Waals surface area contributed by atoms with Crippen LogP contribution < -0.4 is 4.74 Å². The number of halogens is 1. The first-order valence-corrected chi connectivity index (χ1v) is 9.83. The minimum Gasteiger partial charge on any atom is -0.484 e. The van der Waals surface area contributed by atoms with E-state index in [1.165, 1.54) is 11.8 Å². The van der Waals surface area contributed by atoms with Crippen molar-refractivity contribution in [1.29, 1.82) is 0 Å². The summed E-state index contributed by atoms with van der Waals surface area (Å²) in [7, 11) is 1.89. The molecule has 0 aliphatic carbocycles. The third-order valence-electron chi connectivity index (χ3n) is 3.94. The summed E-state index contributed by atoms with van der Waals surface area (Å²) in [6.07, 6.45) is 0. The Morgan fingerprint density at radius 2 is 1.86 bits per heavy atom. The predicted molar refractivity (Wildman–Crippen MR) is 106 cm³/mol. The number of hydrogen-bond donors (Lipinski definition) is 0. The molecule has 28 heavy (non-hydrogen) atoms. The average molecular weight is 414 g/mol. The zero-order valence-electron chi connectivity index (χ0n) is 14.9. The number of thioether (sulfide) groups is 1. The van der Waals surface area contributed by atoms with E-state index in [1.807, 2.05) is 60.1 Å². The molecule has 0 amide bonds. The van der Waals surface area contributed by atoms with Crippen molar-refractivity contribution in [2.75, 3.05) is 0 Å². The summed E-state index contributed by atoms with van der Waals surface area (Å²) in [5.74, 6) is 2.93. The standard InChI is InChI=1S/C19H16ClN5O2S/c1-25-17(11-26-15-10-6-5-9-14(15)20)22-23-19(25)28-12-16-21-18(27-24-16)13-7-3-2-4-8-13/h2-10H,11-12H2,1H3. The van der Waals surface area contributed by atoms with Crippen molar-refractivity contribution in [3.05, 3.63) is 71.3 Å². The van der Waals surface area contributed by atoms with E-state index in [0.717, 1.165) is 10.7 Å². The maximum Gasteiger partial charge on any atom is 0.257 e. The largest absolute Gasteiger partial charge is 0.484 e. The molecule has 2 aromatic heterocycles. The SMILES string of the molecule is Cn1c(COc2ccccc2Cl)nnc1SCc1noc(-c2ccccc2)n1. The Balaban J connectivity index is 1.37. The molecule has 0 aliphatic heterocycles. The molecule has 0 atom stereocenters. The van der Waals surface area contributed by atoms with Crippen molar-refractivity contribution in [3.63, 3.8) is 0 Å². The quantitative estimate of drug-likeness (QED) is 0.415. The molecule has 0 spiro atoms. The van der Waals surface area contributed by atoms with Gasteiger partial charge in [0, 0.05) is 12.6 Å². The number of aromatic nitrogens is 5. The van der Waals surface area contributed by atoms with E-state index in [2.05, 4.69) is 20.3 Å². The normalized spacial score (nSPS) is 10.9. The average Bonchev–Trinajstić information content (AvgIpc) is 3.33. The van der Waals surface area contributed by atoms with Crippen LogP contribution in [0.2, 0.25) is 5.02 Å². The molecule has 7 nitrogen and oxygen atoms in total. The van der Waals surface area contributed by atoms with Crippen molar-refractivity contribution in [2.24, 2.45) is 7.05 Å². The van der Waals surface area contributed by atoms with Crippen molar-refractivity contribution in [1.82, 2.24) is 24.9 Å². The Kier molecular flexibility index (Phi) is 5.59. The molecule has 0 bridgehead atoms. The van der Waals surface area contributed by atoms with Crippen LogP contribution in [0.3, 0.4) is 0 Å². The fourth-order valence-electron chi connectivity index (χ4n) is 2.44. The Morgan fingerprint density at radius 1 is 1.07 bits per heavy atom. The van der Waals surface area contributed by atoms with Gasteiger partial charge >= 0.3 is 0 Å². The second kappa shape index (κ2) is 8.45. The van der Waals surface area contributed by atoms with Gasteiger partial charge in [0.05, 0.1) is 10.8 Å². The van der Waals surface area contributed by atoms with Crippen LogP contribution in [0.5, 0.6) is 5.75 Å². The van der Waals surface area contributed by atoms with Crippen LogP contribution in [0.1, 0.15) is 11.6 Å². The summed E-state index contributed by atoms with van der Waals surface area (Å²) in [4.78, 5) is 4.42. The Labute approximate surface area is 170 Å². The van der Waals surface area contributed by atoms with Crippen molar-refractivity contribution in [2.45, 2.75) is 17.5 Å². The van der Waals surface area contributed by atoms with Gasteiger partial charge in [0.25, 0.3) is 5.89 Å². The van der Waals surface area contributed by atoms with Crippen molar-refractivity contribution < 1.29 is 9.26 Å².